The topological polar surface area (TPSA) is 84.9 Å². The lowest BCUT2D eigenvalue weighted by molar-refractivity contribution is 0.0947. The summed E-state index contributed by atoms with van der Waals surface area (Å²) in [5, 5.41) is 2.79. The highest BCUT2D eigenvalue weighted by molar-refractivity contribution is 7.92. The first-order chi connectivity index (χ1) is 15.8. The molecule has 8 heteroatoms. The van der Waals surface area contributed by atoms with Gasteiger partial charge < -0.3 is 14.8 Å². The zero-order chi connectivity index (χ0) is 23.8. The van der Waals surface area contributed by atoms with Crippen molar-refractivity contribution in [3.63, 3.8) is 0 Å². The number of rotatable bonds is 10. The van der Waals surface area contributed by atoms with E-state index >= 15 is 0 Å². The molecule has 3 aromatic rings. The number of anilines is 1. The molecule has 0 heterocycles. The molecule has 0 saturated carbocycles. The van der Waals surface area contributed by atoms with Crippen molar-refractivity contribution in [2.75, 3.05) is 30.8 Å². The molecule has 0 aromatic heterocycles. The molecule has 0 saturated heterocycles. The predicted octanol–water partition coefficient (Wildman–Crippen LogP) is 3.78. The molecule has 0 atom stereocenters. The normalized spacial score (nSPS) is 11.0. The molecule has 3 aromatic carbocycles. The van der Waals surface area contributed by atoms with Crippen LogP contribution < -0.4 is 19.1 Å². The Kier molecular flexibility index (Phi) is 7.95. The van der Waals surface area contributed by atoms with Crippen LogP contribution in [0.25, 0.3) is 0 Å². The van der Waals surface area contributed by atoms with Crippen LogP contribution in [0.5, 0.6) is 11.5 Å². The summed E-state index contributed by atoms with van der Waals surface area (Å²) in [4.78, 5) is 12.4. The van der Waals surface area contributed by atoms with Gasteiger partial charge in [-0.05, 0) is 48.9 Å². The second kappa shape index (κ2) is 10.9. The predicted molar refractivity (Wildman–Crippen MR) is 129 cm³/mol. The molecule has 33 heavy (non-hydrogen) atoms. The minimum atomic E-state index is -3.50. The summed E-state index contributed by atoms with van der Waals surface area (Å²) in [5.41, 5.74) is 2.91. The summed E-state index contributed by atoms with van der Waals surface area (Å²) >= 11 is 0. The van der Waals surface area contributed by atoms with Crippen LogP contribution >= 0.6 is 0 Å². The van der Waals surface area contributed by atoms with Crippen molar-refractivity contribution >= 4 is 21.6 Å². The molecule has 174 valence electrons. The first kappa shape index (κ1) is 24.1. The fraction of sp³-hybridized carbons (Fsp3) is 0.240. The maximum atomic E-state index is 12.4. The Morgan fingerprint density at radius 1 is 0.970 bits per heavy atom. The smallest absolute Gasteiger partial charge is 0.251 e. The lowest BCUT2D eigenvalue weighted by Crippen LogP contribution is -2.30. The van der Waals surface area contributed by atoms with Gasteiger partial charge in [0.05, 0.1) is 32.1 Å². The number of aryl methyl sites for hydroxylation is 1. The van der Waals surface area contributed by atoms with E-state index in [-0.39, 0.29) is 12.5 Å². The van der Waals surface area contributed by atoms with Gasteiger partial charge >= 0.3 is 0 Å². The summed E-state index contributed by atoms with van der Waals surface area (Å²) < 4.78 is 36.8. The number of carbonyl (C=O) groups is 1. The van der Waals surface area contributed by atoms with Gasteiger partial charge in [0.15, 0.2) is 0 Å². The molecule has 1 N–H and O–H groups in total. The Morgan fingerprint density at radius 3 is 2.27 bits per heavy atom. The molecule has 3 rings (SSSR count). The zero-order valence-corrected chi connectivity index (χ0v) is 19.8. The number of benzene rings is 3. The van der Waals surface area contributed by atoms with Crippen LogP contribution in [0, 0.1) is 6.92 Å². The third kappa shape index (κ3) is 6.98. The minimum Gasteiger partial charge on any atom is -0.497 e. The molecule has 7 nitrogen and oxygen atoms in total. The number of methoxy groups -OCH3 is 1. The number of nitrogens with one attached hydrogen (secondary N) is 1. The van der Waals surface area contributed by atoms with Crippen molar-refractivity contribution < 1.29 is 22.7 Å². The van der Waals surface area contributed by atoms with Crippen LogP contribution in [0.15, 0.2) is 72.8 Å². The van der Waals surface area contributed by atoms with Crippen molar-refractivity contribution in [1.82, 2.24) is 5.32 Å². The van der Waals surface area contributed by atoms with Crippen molar-refractivity contribution in [2.24, 2.45) is 0 Å². The van der Waals surface area contributed by atoms with Gasteiger partial charge in [0.1, 0.15) is 18.1 Å². The second-order valence-corrected chi connectivity index (χ2v) is 9.49. The fourth-order valence-corrected chi connectivity index (χ4v) is 4.05. The molecule has 0 unspecified atom stereocenters. The van der Waals surface area contributed by atoms with Crippen molar-refractivity contribution in [1.29, 1.82) is 0 Å². The summed E-state index contributed by atoms with van der Waals surface area (Å²) in [6.07, 6.45) is 1.17. The van der Waals surface area contributed by atoms with E-state index in [0.29, 0.717) is 35.9 Å². The number of amides is 1. The molecule has 0 spiro atoms. The molecule has 0 aliphatic carbocycles. The highest BCUT2D eigenvalue weighted by atomic mass is 32.2. The number of ether oxygens (including phenoxy) is 2. The van der Waals surface area contributed by atoms with E-state index in [4.69, 9.17) is 9.47 Å². The molecule has 0 bridgehead atoms. The minimum absolute atomic E-state index is 0.215. The van der Waals surface area contributed by atoms with Crippen molar-refractivity contribution in [2.45, 2.75) is 13.5 Å². The maximum Gasteiger partial charge on any atom is 0.251 e. The summed E-state index contributed by atoms with van der Waals surface area (Å²) in [7, 11) is -1.92. The van der Waals surface area contributed by atoms with Gasteiger partial charge in [-0.25, -0.2) is 8.42 Å². The second-order valence-electron chi connectivity index (χ2n) is 7.59. The monoisotopic (exact) mass is 468 g/mol. The molecule has 1 amide bonds. The van der Waals surface area contributed by atoms with Crippen LogP contribution in [0.4, 0.5) is 5.69 Å². The highest BCUT2D eigenvalue weighted by Gasteiger charge is 2.18. The van der Waals surface area contributed by atoms with Gasteiger partial charge in [-0.2, -0.15) is 0 Å². The van der Waals surface area contributed by atoms with E-state index in [1.807, 2.05) is 49.4 Å². The van der Waals surface area contributed by atoms with Crippen molar-refractivity contribution in [3.05, 3.63) is 89.5 Å². The number of sulfonamides is 1. The Bertz CT molecular complexity index is 1180. The highest BCUT2D eigenvalue weighted by Crippen LogP contribution is 2.22. The van der Waals surface area contributed by atoms with Gasteiger partial charge in [0.2, 0.25) is 10.0 Å². The van der Waals surface area contributed by atoms with Crippen LogP contribution in [-0.2, 0) is 16.6 Å². The maximum absolute atomic E-state index is 12.4. The molecule has 0 radical (unpaired) electrons. The first-order valence-electron chi connectivity index (χ1n) is 10.4. The molecular weight excluding hydrogens is 440 g/mol. The van der Waals surface area contributed by atoms with Crippen LogP contribution in [0.2, 0.25) is 0 Å². The lowest BCUT2D eigenvalue weighted by atomic mass is 10.1. The van der Waals surface area contributed by atoms with E-state index in [9.17, 15) is 13.2 Å². The lowest BCUT2D eigenvalue weighted by Gasteiger charge is -2.23. The largest absolute Gasteiger partial charge is 0.497 e. The number of nitrogens with zero attached hydrogens (tertiary/aromatic N) is 1. The molecule has 0 aliphatic heterocycles. The molecular formula is C25H28N2O5S. The Labute approximate surface area is 195 Å². The Hall–Kier alpha value is -3.52. The number of hydrogen-bond acceptors (Lipinski definition) is 5. The van der Waals surface area contributed by atoms with E-state index < -0.39 is 10.0 Å². The van der Waals surface area contributed by atoms with E-state index in [0.717, 1.165) is 11.1 Å². The Balaban J connectivity index is 1.58. The average Bonchev–Trinajstić information content (AvgIpc) is 2.81. The van der Waals surface area contributed by atoms with Crippen LogP contribution in [0.1, 0.15) is 21.5 Å². The standard InChI is InChI=1S/C25H28N2O5S/c1-19-7-9-20(10-8-19)18-27(33(3,29)30)22-13-11-21(12-14-22)25(28)26-15-16-32-24-6-4-5-23(17-24)31-2/h4-14,17H,15-16,18H2,1-3H3,(H,26,28). The first-order valence-corrected chi connectivity index (χ1v) is 12.3. The van der Waals surface area contributed by atoms with Gasteiger partial charge in [0.25, 0.3) is 5.91 Å². The van der Waals surface area contributed by atoms with E-state index in [1.54, 1.807) is 37.4 Å². The Morgan fingerprint density at radius 2 is 1.64 bits per heavy atom. The van der Waals surface area contributed by atoms with Crippen molar-refractivity contribution in [3.8, 4) is 11.5 Å². The van der Waals surface area contributed by atoms with Crippen LogP contribution in [0.3, 0.4) is 0 Å². The molecule has 0 fully saturated rings. The summed E-state index contributed by atoms with van der Waals surface area (Å²) in [6.45, 7) is 2.81. The van der Waals surface area contributed by atoms with Crippen LogP contribution in [-0.4, -0.2) is 40.8 Å². The van der Waals surface area contributed by atoms with Gasteiger partial charge in [-0.3, -0.25) is 9.10 Å². The average molecular weight is 469 g/mol. The van der Waals surface area contributed by atoms with E-state index in [1.165, 1.54) is 10.6 Å². The van der Waals surface area contributed by atoms with E-state index in [2.05, 4.69) is 5.32 Å². The number of hydrogen-bond donors (Lipinski definition) is 1. The number of carbonyl (C=O) groups excluding carboxylic acids is 1. The van der Waals surface area contributed by atoms with Gasteiger partial charge in [0, 0.05) is 11.6 Å². The quantitative estimate of drug-likeness (QED) is 0.458. The summed E-state index contributed by atoms with van der Waals surface area (Å²) in [5.74, 6) is 1.09. The molecule has 0 aliphatic rings. The third-order valence-corrected chi connectivity index (χ3v) is 6.10. The zero-order valence-electron chi connectivity index (χ0n) is 18.9. The summed E-state index contributed by atoms with van der Waals surface area (Å²) in [6, 6.07) is 21.4. The van der Waals surface area contributed by atoms with Gasteiger partial charge in [-0.1, -0.05) is 35.9 Å². The van der Waals surface area contributed by atoms with Gasteiger partial charge in [-0.15, -0.1) is 0 Å². The third-order valence-electron chi connectivity index (χ3n) is 4.96. The fourth-order valence-electron chi connectivity index (χ4n) is 3.16. The SMILES string of the molecule is COc1cccc(OCCNC(=O)c2ccc(N(Cc3ccc(C)cc3)S(C)(=O)=O)cc2)c1.